The number of carbonyl (C=O) groups is 1. The number of rotatable bonds is 5. The van der Waals surface area contributed by atoms with E-state index in [4.69, 9.17) is 0 Å². The van der Waals surface area contributed by atoms with Crippen molar-refractivity contribution in [2.45, 2.75) is 25.4 Å². The Morgan fingerprint density at radius 2 is 2.14 bits per heavy atom. The Balaban J connectivity index is 1.84. The quantitative estimate of drug-likeness (QED) is 0.823. The van der Waals surface area contributed by atoms with Crippen molar-refractivity contribution in [3.63, 3.8) is 0 Å². The summed E-state index contributed by atoms with van der Waals surface area (Å²) >= 11 is 1.45. The Morgan fingerprint density at radius 1 is 1.50 bits per heavy atom. The standard InChI is InChI=1S/C14H22N2O4S2/c1-14(18,12-4-3-9-21-12)10-15-13(17)11-5-7-16(8-6-11)22(2,19)20/h3-4,9,11,18H,5-8,10H2,1-2H3,(H,15,17)/t14-/m1/s1. The average Bonchev–Trinajstić information content (AvgIpc) is 2.99. The lowest BCUT2D eigenvalue weighted by atomic mass is 9.96. The van der Waals surface area contributed by atoms with Crippen LogP contribution >= 0.6 is 11.3 Å². The molecule has 1 aliphatic rings. The van der Waals surface area contributed by atoms with Crippen LogP contribution in [0.5, 0.6) is 0 Å². The van der Waals surface area contributed by atoms with Crippen molar-refractivity contribution in [3.05, 3.63) is 22.4 Å². The van der Waals surface area contributed by atoms with Crippen LogP contribution < -0.4 is 5.32 Å². The number of piperidine rings is 1. The van der Waals surface area contributed by atoms with E-state index in [0.717, 1.165) is 4.88 Å². The summed E-state index contributed by atoms with van der Waals surface area (Å²) in [4.78, 5) is 13.0. The van der Waals surface area contributed by atoms with E-state index in [2.05, 4.69) is 5.32 Å². The van der Waals surface area contributed by atoms with Gasteiger partial charge in [0, 0.05) is 23.9 Å². The normalized spacial score (nSPS) is 20.5. The van der Waals surface area contributed by atoms with E-state index in [1.54, 1.807) is 6.92 Å². The molecule has 0 radical (unpaired) electrons. The van der Waals surface area contributed by atoms with Crippen molar-refractivity contribution in [2.75, 3.05) is 25.9 Å². The number of hydrogen-bond donors (Lipinski definition) is 2. The SMILES string of the molecule is C[C@@](O)(CNC(=O)C1CCN(S(C)(=O)=O)CC1)c1cccs1. The highest BCUT2D eigenvalue weighted by atomic mass is 32.2. The van der Waals surface area contributed by atoms with Gasteiger partial charge in [-0.3, -0.25) is 4.79 Å². The highest BCUT2D eigenvalue weighted by molar-refractivity contribution is 7.88. The Hall–Kier alpha value is -0.960. The number of amides is 1. The van der Waals surface area contributed by atoms with Gasteiger partial charge in [-0.25, -0.2) is 12.7 Å². The predicted octanol–water partition coefficient (Wildman–Crippen LogP) is 0.743. The van der Waals surface area contributed by atoms with Gasteiger partial charge in [-0.15, -0.1) is 11.3 Å². The molecule has 1 atom stereocenters. The van der Waals surface area contributed by atoms with Crippen molar-refractivity contribution in [2.24, 2.45) is 5.92 Å². The number of nitrogens with zero attached hydrogens (tertiary/aromatic N) is 1. The average molecular weight is 346 g/mol. The molecule has 22 heavy (non-hydrogen) atoms. The molecule has 0 bridgehead atoms. The molecule has 0 saturated carbocycles. The molecule has 6 nitrogen and oxygen atoms in total. The molecule has 0 unspecified atom stereocenters. The van der Waals surface area contributed by atoms with Crippen LogP contribution in [0.3, 0.4) is 0 Å². The molecule has 1 aliphatic heterocycles. The van der Waals surface area contributed by atoms with Crippen LogP contribution in [0.25, 0.3) is 0 Å². The summed E-state index contributed by atoms with van der Waals surface area (Å²) in [5.74, 6) is -0.317. The summed E-state index contributed by atoms with van der Waals surface area (Å²) in [6, 6.07) is 3.69. The summed E-state index contributed by atoms with van der Waals surface area (Å²) in [7, 11) is -3.18. The van der Waals surface area contributed by atoms with Gasteiger partial charge in [-0.05, 0) is 31.2 Å². The van der Waals surface area contributed by atoms with Crippen LogP contribution in [0.4, 0.5) is 0 Å². The van der Waals surface area contributed by atoms with E-state index in [9.17, 15) is 18.3 Å². The smallest absolute Gasteiger partial charge is 0.223 e. The molecular weight excluding hydrogens is 324 g/mol. The number of carbonyl (C=O) groups excluding carboxylic acids is 1. The molecule has 0 aromatic carbocycles. The lowest BCUT2D eigenvalue weighted by Gasteiger charge is -2.30. The molecule has 0 spiro atoms. The molecule has 1 aromatic rings. The topological polar surface area (TPSA) is 86.7 Å². The van der Waals surface area contributed by atoms with Gasteiger partial charge in [-0.1, -0.05) is 6.07 Å². The van der Waals surface area contributed by atoms with Gasteiger partial charge < -0.3 is 10.4 Å². The van der Waals surface area contributed by atoms with Gasteiger partial charge in [0.1, 0.15) is 5.60 Å². The highest BCUT2D eigenvalue weighted by Crippen LogP contribution is 2.25. The van der Waals surface area contributed by atoms with Crippen molar-refractivity contribution < 1.29 is 18.3 Å². The molecule has 8 heteroatoms. The summed E-state index contributed by atoms with van der Waals surface area (Å²) in [6.45, 7) is 2.57. The third-order valence-electron chi connectivity index (χ3n) is 3.95. The van der Waals surface area contributed by atoms with E-state index in [1.807, 2.05) is 17.5 Å². The van der Waals surface area contributed by atoms with Gasteiger partial charge in [-0.2, -0.15) is 0 Å². The number of sulfonamides is 1. The molecule has 124 valence electrons. The van der Waals surface area contributed by atoms with E-state index < -0.39 is 15.6 Å². The zero-order chi connectivity index (χ0) is 16.4. The first-order chi connectivity index (χ1) is 10.2. The Bertz CT molecular complexity index is 603. The predicted molar refractivity (Wildman–Crippen MR) is 86.0 cm³/mol. The fourth-order valence-corrected chi connectivity index (χ4v) is 4.19. The maximum atomic E-state index is 12.2. The molecule has 1 saturated heterocycles. The minimum absolute atomic E-state index is 0.120. The zero-order valence-corrected chi connectivity index (χ0v) is 14.4. The van der Waals surface area contributed by atoms with E-state index in [1.165, 1.54) is 21.9 Å². The number of thiophene rings is 1. The summed E-state index contributed by atoms with van der Waals surface area (Å²) in [6.07, 6.45) is 2.21. The largest absolute Gasteiger partial charge is 0.383 e. The van der Waals surface area contributed by atoms with Crippen LogP contribution in [-0.4, -0.2) is 49.6 Å². The van der Waals surface area contributed by atoms with Gasteiger partial charge in [0.2, 0.25) is 15.9 Å². The van der Waals surface area contributed by atoms with Crippen LogP contribution in [0, 0.1) is 5.92 Å². The summed E-state index contributed by atoms with van der Waals surface area (Å²) in [5, 5.41) is 15.0. The lowest BCUT2D eigenvalue weighted by Crippen LogP contribution is -2.45. The maximum absolute atomic E-state index is 12.2. The van der Waals surface area contributed by atoms with Crippen molar-refractivity contribution in [1.82, 2.24) is 9.62 Å². The second-order valence-corrected chi connectivity index (χ2v) is 8.84. The van der Waals surface area contributed by atoms with E-state index in [-0.39, 0.29) is 18.4 Å². The minimum atomic E-state index is -3.18. The Kier molecular flexibility index (Phi) is 5.26. The highest BCUT2D eigenvalue weighted by Gasteiger charge is 2.31. The van der Waals surface area contributed by atoms with Gasteiger partial charge >= 0.3 is 0 Å². The van der Waals surface area contributed by atoms with Crippen LogP contribution in [0.15, 0.2) is 17.5 Å². The lowest BCUT2D eigenvalue weighted by molar-refractivity contribution is -0.127. The first-order valence-corrected chi connectivity index (χ1v) is 9.92. The van der Waals surface area contributed by atoms with Crippen molar-refractivity contribution in [1.29, 1.82) is 0 Å². The molecule has 0 aliphatic carbocycles. The van der Waals surface area contributed by atoms with Crippen LogP contribution in [0.2, 0.25) is 0 Å². The first-order valence-electron chi connectivity index (χ1n) is 7.19. The summed E-state index contributed by atoms with van der Waals surface area (Å²) in [5.41, 5.74) is -1.09. The van der Waals surface area contributed by atoms with E-state index >= 15 is 0 Å². The minimum Gasteiger partial charge on any atom is -0.383 e. The number of nitrogens with one attached hydrogen (secondary N) is 1. The first kappa shape index (κ1) is 17.4. The molecule has 2 N–H and O–H groups in total. The van der Waals surface area contributed by atoms with Crippen LogP contribution in [0.1, 0.15) is 24.6 Å². The van der Waals surface area contributed by atoms with Gasteiger partial charge in [0.05, 0.1) is 12.8 Å². The fraction of sp³-hybridized carbons (Fsp3) is 0.643. The van der Waals surface area contributed by atoms with Gasteiger partial charge in [0.15, 0.2) is 0 Å². The second-order valence-electron chi connectivity index (χ2n) is 5.91. The third kappa shape index (κ3) is 4.28. The summed E-state index contributed by atoms with van der Waals surface area (Å²) < 4.78 is 24.3. The number of aliphatic hydroxyl groups is 1. The third-order valence-corrected chi connectivity index (χ3v) is 6.38. The second kappa shape index (κ2) is 6.66. The van der Waals surface area contributed by atoms with Crippen LogP contribution in [-0.2, 0) is 20.4 Å². The van der Waals surface area contributed by atoms with Crippen molar-refractivity contribution in [3.8, 4) is 0 Å². The molecule has 2 heterocycles. The Labute approximate surface area is 135 Å². The van der Waals surface area contributed by atoms with Gasteiger partial charge in [0.25, 0.3) is 0 Å². The monoisotopic (exact) mass is 346 g/mol. The molecule has 1 amide bonds. The zero-order valence-electron chi connectivity index (χ0n) is 12.8. The molecule has 1 aromatic heterocycles. The molecule has 1 fully saturated rings. The van der Waals surface area contributed by atoms with Crippen molar-refractivity contribution >= 4 is 27.3 Å². The fourth-order valence-electron chi connectivity index (χ4n) is 2.53. The molecular formula is C14H22N2O4S2. The Morgan fingerprint density at radius 3 is 2.64 bits per heavy atom. The maximum Gasteiger partial charge on any atom is 0.223 e. The molecule has 2 rings (SSSR count). The van der Waals surface area contributed by atoms with E-state index in [0.29, 0.717) is 25.9 Å². The number of hydrogen-bond acceptors (Lipinski definition) is 5.